The first-order valence-electron chi connectivity index (χ1n) is 25.1. The Hall–Kier alpha value is -4.32. The molecule has 2 aliphatic rings. The Morgan fingerprint density at radius 3 is 1.09 bits per heavy atom. The molecular weight excluding hydrogens is 988 g/mol. The summed E-state index contributed by atoms with van der Waals surface area (Å²) >= 11 is -5.56. The van der Waals surface area contributed by atoms with Gasteiger partial charge in [0.05, 0.1) is 0 Å². The molecule has 10 rings (SSSR count). The molecule has 1 nitrogen and oxygen atoms in total. The SMILES string of the molecule is CC(C)C1=Cc2c(-c3ccccc3-c3cccc4ccccc34)cccc2[CH]1[Zr]([Cl])([Cl])([BH]N([Si](C)(C)C)[Si](C)(C)C)[CH]1C(C(C)C)=Cc2c(-c3ccccc3-c3cccc4ccccc34)cccc21. The molecule has 8 aromatic carbocycles. The van der Waals surface area contributed by atoms with E-state index in [1.54, 1.807) is 0 Å². The van der Waals surface area contributed by atoms with E-state index in [-0.39, 0.29) is 19.1 Å². The summed E-state index contributed by atoms with van der Waals surface area (Å²) in [5, 5.41) is 5.01. The molecule has 8 aromatic rings. The molecule has 69 heavy (non-hydrogen) atoms. The number of allylic oxidation sites excluding steroid dienone is 2. The number of hydrogen-bond acceptors (Lipinski definition) is 1. The number of rotatable bonds is 12. The second-order valence-corrected chi connectivity index (χ2v) is 54.7. The second-order valence-electron chi connectivity index (χ2n) is 22.5. The van der Waals surface area contributed by atoms with Gasteiger partial charge in [0.2, 0.25) is 0 Å². The predicted molar refractivity (Wildman–Crippen MR) is 308 cm³/mol. The summed E-state index contributed by atoms with van der Waals surface area (Å²) in [5.74, 6) is 0.458. The molecule has 0 saturated carbocycles. The molecule has 0 heterocycles. The van der Waals surface area contributed by atoms with E-state index in [2.05, 4.69) is 253 Å². The first-order chi connectivity index (χ1) is 32.9. The van der Waals surface area contributed by atoms with E-state index in [0.29, 0.717) is 0 Å². The zero-order valence-electron chi connectivity index (χ0n) is 42.0. The van der Waals surface area contributed by atoms with Crippen LogP contribution in [-0.2, 0) is 16.2 Å². The van der Waals surface area contributed by atoms with Gasteiger partial charge in [-0.25, -0.2) is 0 Å². The van der Waals surface area contributed by atoms with Crippen LogP contribution in [0.25, 0.3) is 78.2 Å². The van der Waals surface area contributed by atoms with E-state index < -0.39 is 32.6 Å². The van der Waals surface area contributed by atoms with Crippen molar-refractivity contribution in [2.75, 3.05) is 0 Å². The molecule has 0 amide bonds. The molecule has 0 spiro atoms. The van der Waals surface area contributed by atoms with E-state index >= 15 is 0 Å². The average Bonchev–Trinajstić information content (AvgIpc) is 3.95. The molecule has 0 fully saturated rings. The van der Waals surface area contributed by atoms with Gasteiger partial charge in [-0.05, 0) is 0 Å². The topological polar surface area (TPSA) is 3.24 Å². The van der Waals surface area contributed by atoms with Gasteiger partial charge >= 0.3 is 426 Å². The summed E-state index contributed by atoms with van der Waals surface area (Å²) in [5.41, 5.74) is 17.9. The standard InChI is InChI=1S/2C28H23.C6H19BNSi2.2ClH.Zr/c2*1-19(2)22-17-21-11-8-16-27(28(21)18-22)26-14-6-5-13-25(26)24-15-7-10-20-9-3-4-12-23(20)24;1-9(2,3)8(7)10(4,5)6;;;/h2*3-19H,1-2H3;7H,1-6H3;2*1H;/q;;+1;;;+1/p-2. The van der Waals surface area contributed by atoms with Crippen molar-refractivity contribution < 1.29 is 16.2 Å². The molecule has 0 aliphatic heterocycles. The quantitative estimate of drug-likeness (QED) is 0.110. The molecule has 347 valence electrons. The van der Waals surface area contributed by atoms with Gasteiger partial charge in [0.25, 0.3) is 0 Å². The van der Waals surface area contributed by atoms with Gasteiger partial charge in [0.1, 0.15) is 0 Å². The van der Waals surface area contributed by atoms with Crippen molar-refractivity contribution >= 4 is 72.1 Å². The molecule has 0 saturated heterocycles. The molecule has 0 bridgehead atoms. The number of hydrogen-bond donors (Lipinski definition) is 0. The average molecular weight is 1050 g/mol. The minimum atomic E-state index is -5.56. The third-order valence-corrected chi connectivity index (χ3v) is 42.3. The zero-order valence-corrected chi connectivity index (χ0v) is 48.0. The molecule has 0 radical (unpaired) electrons. The summed E-state index contributed by atoms with van der Waals surface area (Å²) in [7, 11) is 14.9. The Morgan fingerprint density at radius 2 is 0.710 bits per heavy atom. The number of benzene rings is 8. The van der Waals surface area contributed by atoms with Crippen LogP contribution in [0.2, 0.25) is 39.3 Å². The Balaban J connectivity index is 1.22. The fourth-order valence-electron chi connectivity index (χ4n) is 12.6. The molecule has 2 aliphatic carbocycles. The van der Waals surface area contributed by atoms with Gasteiger partial charge in [-0.15, -0.1) is 0 Å². The second kappa shape index (κ2) is 18.1. The van der Waals surface area contributed by atoms with Crippen molar-refractivity contribution in [1.82, 2.24) is 4.14 Å². The number of nitrogens with zero attached hydrogens (tertiary/aromatic N) is 1. The van der Waals surface area contributed by atoms with Crippen molar-refractivity contribution in [2.24, 2.45) is 11.8 Å². The van der Waals surface area contributed by atoms with Crippen LogP contribution in [-0.4, -0.2) is 25.6 Å². The zero-order chi connectivity index (χ0) is 48.6. The maximum atomic E-state index is 9.43. The fourth-order valence-corrected chi connectivity index (χ4v) is 55.1. The minimum absolute atomic E-state index is 0.102. The number of fused-ring (bicyclic) bond motifs is 4. The van der Waals surface area contributed by atoms with Crippen molar-refractivity contribution in [1.29, 1.82) is 0 Å². The van der Waals surface area contributed by atoms with E-state index in [0.717, 1.165) is 4.95 Å². The maximum absolute atomic E-state index is 9.43. The van der Waals surface area contributed by atoms with Gasteiger partial charge in [0, 0.05) is 0 Å². The van der Waals surface area contributed by atoms with Crippen molar-refractivity contribution in [3.05, 3.63) is 203 Å². The van der Waals surface area contributed by atoms with Gasteiger partial charge in [-0.3, -0.25) is 0 Å². The Morgan fingerprint density at radius 1 is 0.406 bits per heavy atom. The third kappa shape index (κ3) is 8.42. The molecule has 0 N–H and O–H groups in total. The van der Waals surface area contributed by atoms with Crippen LogP contribution in [0.1, 0.15) is 57.2 Å². The van der Waals surface area contributed by atoms with Crippen LogP contribution in [0.3, 0.4) is 0 Å². The van der Waals surface area contributed by atoms with Gasteiger partial charge in [-0.1, -0.05) is 0 Å². The Labute approximate surface area is 422 Å². The van der Waals surface area contributed by atoms with Gasteiger partial charge < -0.3 is 0 Å². The Bertz CT molecular complexity index is 3150. The van der Waals surface area contributed by atoms with Gasteiger partial charge in [-0.2, -0.15) is 0 Å². The van der Waals surface area contributed by atoms with E-state index in [9.17, 15) is 17.0 Å². The van der Waals surface area contributed by atoms with E-state index in [4.69, 9.17) is 0 Å². The van der Waals surface area contributed by atoms with Crippen molar-refractivity contribution in [3.8, 4) is 44.5 Å². The van der Waals surface area contributed by atoms with E-state index in [1.165, 1.54) is 99.5 Å². The molecule has 0 aromatic heterocycles. The van der Waals surface area contributed by atoms with E-state index in [1.807, 2.05) is 0 Å². The van der Waals surface area contributed by atoms with Gasteiger partial charge in [0.15, 0.2) is 0 Å². The Kier molecular flexibility index (Phi) is 12.7. The molecule has 7 heteroatoms. The summed E-state index contributed by atoms with van der Waals surface area (Å²) in [6.07, 6.45) is 5.08. The van der Waals surface area contributed by atoms with Crippen LogP contribution >= 0.6 is 17.0 Å². The molecular formula is C62H65BCl2NSi2Zr. The fraction of sp³-hybridized carbons (Fsp3) is 0.226. The monoisotopic (exact) mass is 1050 g/mol. The van der Waals surface area contributed by atoms with Crippen molar-refractivity contribution in [3.63, 3.8) is 0 Å². The van der Waals surface area contributed by atoms with Crippen LogP contribution < -0.4 is 0 Å². The molecule has 2 unspecified atom stereocenters. The predicted octanol–water partition coefficient (Wildman–Crippen LogP) is 18.8. The molecule has 2 atom stereocenters. The van der Waals surface area contributed by atoms with Crippen LogP contribution in [0, 0.1) is 11.8 Å². The third-order valence-electron chi connectivity index (χ3n) is 15.4. The summed E-state index contributed by atoms with van der Waals surface area (Å²) in [6, 6.07) is 63.0. The van der Waals surface area contributed by atoms with Crippen molar-refractivity contribution in [2.45, 2.75) is 74.2 Å². The number of halogens is 2. The van der Waals surface area contributed by atoms with Crippen LogP contribution in [0.4, 0.5) is 0 Å². The summed E-state index contributed by atoms with van der Waals surface area (Å²) < 4.78 is 2.74. The normalized spacial score (nSPS) is 16.7. The summed E-state index contributed by atoms with van der Waals surface area (Å²) in [4.78, 5) is 0.756. The summed E-state index contributed by atoms with van der Waals surface area (Å²) in [6.45, 7) is 24.6. The van der Waals surface area contributed by atoms with Crippen LogP contribution in [0.15, 0.2) is 181 Å². The first kappa shape index (κ1) is 48.3. The van der Waals surface area contributed by atoms with Crippen LogP contribution in [0.5, 0.6) is 0 Å². The first-order valence-corrected chi connectivity index (χ1v) is 42.9.